The molecule has 0 radical (unpaired) electrons. The third kappa shape index (κ3) is 15.6. The molecule has 1 rings (SSSR count). The molecule has 12 heteroatoms. The van der Waals surface area contributed by atoms with E-state index in [2.05, 4.69) is 0 Å². The van der Waals surface area contributed by atoms with E-state index in [4.69, 9.17) is 18.9 Å². The Kier molecular flexibility index (Phi) is 13.9. The summed E-state index contributed by atoms with van der Waals surface area (Å²) in [5, 5.41) is 0. The Morgan fingerprint density at radius 3 is 1.81 bits per heavy atom. The maximum Gasteiger partial charge on any atom is 0.326 e. The molecule has 2 atom stereocenters. The summed E-state index contributed by atoms with van der Waals surface area (Å²) in [7, 11) is 0. The molecular formula is C31H50N2O10. The van der Waals surface area contributed by atoms with Gasteiger partial charge in [-0.05, 0) is 68.7 Å². The molecule has 2 amide bonds. The van der Waals surface area contributed by atoms with Crippen LogP contribution in [-0.4, -0.2) is 94.1 Å². The Bertz CT molecular complexity index is 1050. The van der Waals surface area contributed by atoms with Crippen LogP contribution >= 0.6 is 0 Å². The first-order chi connectivity index (χ1) is 19.6. The van der Waals surface area contributed by atoms with Gasteiger partial charge in [-0.2, -0.15) is 0 Å². The summed E-state index contributed by atoms with van der Waals surface area (Å²) in [5.74, 6) is -3.26. The zero-order chi connectivity index (χ0) is 33.2. The minimum atomic E-state index is -1.16. The molecule has 0 saturated carbocycles. The number of nitrogens with zero attached hydrogens (tertiary/aromatic N) is 2. The van der Waals surface area contributed by atoms with E-state index in [-0.39, 0.29) is 45.3 Å². The molecule has 12 nitrogen and oxygen atoms in total. The minimum absolute atomic E-state index is 0.0608. The first-order valence-electron chi connectivity index (χ1n) is 14.7. The Hall–Kier alpha value is -3.44. The van der Waals surface area contributed by atoms with Crippen LogP contribution in [0.25, 0.3) is 0 Å². The summed E-state index contributed by atoms with van der Waals surface area (Å²) < 4.78 is 21.4. The molecule has 0 aromatic carbocycles. The average molecular weight is 611 g/mol. The number of amides is 2. The van der Waals surface area contributed by atoms with Crippen molar-refractivity contribution in [2.24, 2.45) is 0 Å². The van der Waals surface area contributed by atoms with Crippen LogP contribution in [0.5, 0.6) is 0 Å². The zero-order valence-electron chi connectivity index (χ0n) is 27.4. The quantitative estimate of drug-likeness (QED) is 0.183. The summed E-state index contributed by atoms with van der Waals surface area (Å²) >= 11 is 0. The summed E-state index contributed by atoms with van der Waals surface area (Å²) in [4.78, 5) is 78.4. The van der Waals surface area contributed by atoms with E-state index in [1.54, 1.807) is 69.2 Å². The van der Waals surface area contributed by atoms with Crippen molar-refractivity contribution in [3.63, 3.8) is 0 Å². The second-order valence-electron chi connectivity index (χ2n) is 13.4. The number of piperazine rings is 1. The van der Waals surface area contributed by atoms with E-state index >= 15 is 0 Å². The molecule has 1 saturated heterocycles. The Balaban J connectivity index is 2.84. The molecule has 1 fully saturated rings. The second kappa shape index (κ2) is 15.9. The zero-order valence-corrected chi connectivity index (χ0v) is 27.4. The maximum absolute atomic E-state index is 13.4. The van der Waals surface area contributed by atoms with Crippen LogP contribution in [0.4, 0.5) is 0 Å². The Morgan fingerprint density at radius 1 is 0.767 bits per heavy atom. The van der Waals surface area contributed by atoms with Gasteiger partial charge < -0.3 is 28.7 Å². The van der Waals surface area contributed by atoms with Gasteiger partial charge >= 0.3 is 23.9 Å². The van der Waals surface area contributed by atoms with E-state index in [1.807, 2.05) is 0 Å². The van der Waals surface area contributed by atoms with Crippen molar-refractivity contribution < 1.29 is 47.7 Å². The highest BCUT2D eigenvalue weighted by Crippen LogP contribution is 2.20. The first kappa shape index (κ1) is 37.6. The molecule has 244 valence electrons. The van der Waals surface area contributed by atoms with Gasteiger partial charge in [0.25, 0.3) is 0 Å². The molecule has 0 aromatic rings. The van der Waals surface area contributed by atoms with E-state index in [1.165, 1.54) is 22.0 Å². The van der Waals surface area contributed by atoms with Gasteiger partial charge in [-0.1, -0.05) is 19.1 Å². The van der Waals surface area contributed by atoms with E-state index in [0.29, 0.717) is 6.42 Å². The summed E-state index contributed by atoms with van der Waals surface area (Å²) in [6.45, 7) is 17.2. The third-order valence-electron chi connectivity index (χ3n) is 5.74. The van der Waals surface area contributed by atoms with Crippen molar-refractivity contribution in [1.82, 2.24) is 9.80 Å². The summed E-state index contributed by atoms with van der Waals surface area (Å²) in [6, 6.07) is -1.16. The number of carbonyl (C=O) groups is 6. The molecule has 1 aliphatic rings. The number of ether oxygens (including phenoxy) is 4. The van der Waals surface area contributed by atoms with Crippen LogP contribution in [-0.2, 0) is 47.7 Å². The predicted molar refractivity (Wildman–Crippen MR) is 157 cm³/mol. The molecule has 0 aliphatic carbocycles. The monoisotopic (exact) mass is 610 g/mol. The lowest BCUT2D eigenvalue weighted by molar-refractivity contribution is -0.166. The maximum atomic E-state index is 13.4. The predicted octanol–water partition coefficient (Wildman–Crippen LogP) is 3.49. The molecule has 0 bridgehead atoms. The highest BCUT2D eigenvalue weighted by molar-refractivity contribution is 5.94. The molecule has 43 heavy (non-hydrogen) atoms. The highest BCUT2D eigenvalue weighted by Gasteiger charge is 2.40. The van der Waals surface area contributed by atoms with Crippen LogP contribution in [0.15, 0.2) is 12.2 Å². The molecule has 0 unspecified atom stereocenters. The molecule has 1 aliphatic heterocycles. The average Bonchev–Trinajstić information content (AvgIpc) is 2.80. The number of esters is 4. The van der Waals surface area contributed by atoms with Crippen molar-refractivity contribution in [2.45, 2.75) is 130 Å². The molecule has 0 spiro atoms. The van der Waals surface area contributed by atoms with Crippen molar-refractivity contribution in [3.05, 3.63) is 12.2 Å². The number of hydrogen-bond donors (Lipinski definition) is 0. The van der Waals surface area contributed by atoms with Crippen molar-refractivity contribution >= 4 is 35.7 Å². The number of carbonyl (C=O) groups excluding carboxylic acids is 6. The van der Waals surface area contributed by atoms with Crippen LogP contribution in [0.2, 0.25) is 0 Å². The molecule has 1 heterocycles. The first-order valence-corrected chi connectivity index (χ1v) is 14.7. The van der Waals surface area contributed by atoms with Crippen molar-refractivity contribution in [2.75, 3.05) is 19.6 Å². The Labute approximate surface area is 255 Å². The van der Waals surface area contributed by atoms with Gasteiger partial charge in [-0.15, -0.1) is 0 Å². The van der Waals surface area contributed by atoms with Crippen LogP contribution in [0, 0.1) is 0 Å². The lowest BCUT2D eigenvalue weighted by Gasteiger charge is -2.40. The minimum Gasteiger partial charge on any atom is -0.462 e. The molecule has 0 aromatic heterocycles. The van der Waals surface area contributed by atoms with Crippen LogP contribution in [0.1, 0.15) is 101 Å². The van der Waals surface area contributed by atoms with Gasteiger partial charge in [0.1, 0.15) is 35.5 Å². The van der Waals surface area contributed by atoms with Crippen LogP contribution < -0.4 is 0 Å². The number of hydrogen-bond acceptors (Lipinski definition) is 10. The Morgan fingerprint density at radius 2 is 1.28 bits per heavy atom. The fraction of sp³-hybridized carbons (Fsp3) is 0.742. The van der Waals surface area contributed by atoms with Gasteiger partial charge in [0.2, 0.25) is 11.8 Å². The second-order valence-corrected chi connectivity index (χ2v) is 13.4. The van der Waals surface area contributed by atoms with Crippen molar-refractivity contribution in [3.8, 4) is 0 Å². The van der Waals surface area contributed by atoms with E-state index in [0.717, 1.165) is 0 Å². The van der Waals surface area contributed by atoms with Crippen LogP contribution in [0.3, 0.4) is 0 Å². The fourth-order valence-corrected chi connectivity index (χ4v) is 4.12. The lowest BCUT2D eigenvalue weighted by Crippen LogP contribution is -2.60. The number of rotatable bonds is 12. The SMILES string of the molecule is CC[C@H](CC(=O)OC(C)(C)C)OC(=O)C/C=C/CC(=O)N1CCN(CC(=O)OC(C)(C)C)C(=O)[C@H]1CC(=O)OC(C)(C)C. The van der Waals surface area contributed by atoms with Gasteiger partial charge in [-0.3, -0.25) is 28.8 Å². The van der Waals surface area contributed by atoms with Gasteiger partial charge in [-0.25, -0.2) is 0 Å². The third-order valence-corrected chi connectivity index (χ3v) is 5.74. The topological polar surface area (TPSA) is 146 Å². The molecule has 0 N–H and O–H groups in total. The van der Waals surface area contributed by atoms with E-state index in [9.17, 15) is 28.8 Å². The largest absolute Gasteiger partial charge is 0.462 e. The normalized spacial score (nSPS) is 17.0. The fourth-order valence-electron chi connectivity index (χ4n) is 4.12. The van der Waals surface area contributed by atoms with Gasteiger partial charge in [0.05, 0.1) is 19.3 Å². The summed E-state index contributed by atoms with van der Waals surface area (Å²) in [5.41, 5.74) is -2.17. The lowest BCUT2D eigenvalue weighted by atomic mass is 10.1. The summed E-state index contributed by atoms with van der Waals surface area (Å²) in [6.07, 6.45) is 2.07. The van der Waals surface area contributed by atoms with Gasteiger partial charge in [0.15, 0.2) is 0 Å². The van der Waals surface area contributed by atoms with Gasteiger partial charge in [0, 0.05) is 19.5 Å². The van der Waals surface area contributed by atoms with Crippen molar-refractivity contribution in [1.29, 1.82) is 0 Å². The van der Waals surface area contributed by atoms with E-state index < -0.39 is 64.6 Å². The highest BCUT2D eigenvalue weighted by atomic mass is 16.6. The standard InChI is InChI=1S/C31H50N2O10/c1-11-21(18-25(36)41-29(2,3)4)40-24(35)15-13-12-14-23(34)33-17-16-32(20-27(38)43-31(8,9)10)28(39)22(33)19-26(37)42-30(5,6)7/h12-13,21-22H,11,14-20H2,1-10H3/b13-12+/t21-,22-/m1/s1. The smallest absolute Gasteiger partial charge is 0.326 e. The molecular weight excluding hydrogens is 560 g/mol.